The molecule has 8 heteroatoms. The Morgan fingerprint density at radius 1 is 1.43 bits per heavy atom. The molecule has 0 bridgehead atoms. The number of sulfonamides is 1. The van der Waals surface area contributed by atoms with E-state index in [2.05, 4.69) is 19.5 Å². The first-order valence-corrected chi connectivity index (χ1v) is 9.40. The third kappa shape index (κ3) is 2.24. The van der Waals surface area contributed by atoms with Crippen LogP contribution in [-0.4, -0.2) is 33.2 Å². The lowest BCUT2D eigenvalue weighted by Crippen LogP contribution is -2.41. The molecule has 4 rings (SSSR count). The van der Waals surface area contributed by atoms with Crippen LogP contribution in [-0.2, 0) is 10.0 Å². The van der Waals surface area contributed by atoms with Crippen LogP contribution in [0.4, 0.5) is 0 Å². The second-order valence-corrected chi connectivity index (χ2v) is 8.09. The number of primary sulfonamides is 1. The van der Waals surface area contributed by atoms with Crippen molar-refractivity contribution in [3.05, 3.63) is 24.8 Å². The first-order chi connectivity index (χ1) is 11.0. The van der Waals surface area contributed by atoms with E-state index in [1.54, 1.807) is 6.20 Å². The molecule has 122 valence electrons. The standard InChI is InChI=1S/C15H19N5O2S/c1-2-13(23(16,21)22)9-5-10(6-9)20-8-19-12-7-18-15-11(14(12)20)3-4-17-15/h3-4,7-10,13H,2,5-6H2,1H3,(H,17,18)(H2,16,21,22)/t9-,10+,13?. The molecule has 0 spiro atoms. The zero-order chi connectivity index (χ0) is 16.2. The van der Waals surface area contributed by atoms with Gasteiger partial charge in [-0.05, 0) is 31.2 Å². The second-order valence-electron chi connectivity index (χ2n) is 6.30. The zero-order valence-electron chi connectivity index (χ0n) is 12.8. The van der Waals surface area contributed by atoms with Crippen molar-refractivity contribution in [2.75, 3.05) is 0 Å². The molecule has 0 aromatic carbocycles. The molecule has 1 saturated carbocycles. The van der Waals surface area contributed by atoms with E-state index >= 15 is 0 Å². The molecule has 1 aliphatic carbocycles. The van der Waals surface area contributed by atoms with Gasteiger partial charge in [0.05, 0.1) is 23.3 Å². The van der Waals surface area contributed by atoms with Gasteiger partial charge in [0, 0.05) is 17.6 Å². The number of fused-ring (bicyclic) bond motifs is 3. The van der Waals surface area contributed by atoms with Crippen LogP contribution in [0.5, 0.6) is 0 Å². The van der Waals surface area contributed by atoms with E-state index in [1.807, 2.05) is 25.5 Å². The minimum Gasteiger partial charge on any atom is -0.346 e. The van der Waals surface area contributed by atoms with E-state index in [9.17, 15) is 8.42 Å². The lowest BCUT2D eigenvalue weighted by molar-refractivity contribution is 0.191. The summed E-state index contributed by atoms with van der Waals surface area (Å²) >= 11 is 0. The van der Waals surface area contributed by atoms with Gasteiger partial charge in [0.25, 0.3) is 0 Å². The molecule has 1 fully saturated rings. The monoisotopic (exact) mass is 333 g/mol. The molecule has 23 heavy (non-hydrogen) atoms. The first-order valence-electron chi connectivity index (χ1n) is 7.79. The van der Waals surface area contributed by atoms with Crippen molar-refractivity contribution in [3.8, 4) is 0 Å². The van der Waals surface area contributed by atoms with Crippen molar-refractivity contribution in [2.45, 2.75) is 37.5 Å². The molecular weight excluding hydrogens is 314 g/mol. The second kappa shape index (κ2) is 5.04. The Balaban J connectivity index is 1.66. The summed E-state index contributed by atoms with van der Waals surface area (Å²) in [4.78, 5) is 11.9. The number of aromatic amines is 1. The minimum absolute atomic E-state index is 0.126. The Kier molecular flexibility index (Phi) is 3.21. The average Bonchev–Trinajstić information content (AvgIpc) is 3.06. The molecule has 7 nitrogen and oxygen atoms in total. The van der Waals surface area contributed by atoms with Crippen LogP contribution in [0.1, 0.15) is 32.2 Å². The summed E-state index contributed by atoms with van der Waals surface area (Å²) in [5.41, 5.74) is 2.76. The summed E-state index contributed by atoms with van der Waals surface area (Å²) in [6, 6.07) is 2.26. The molecule has 0 aliphatic heterocycles. The summed E-state index contributed by atoms with van der Waals surface area (Å²) in [5, 5.41) is 5.96. The van der Waals surface area contributed by atoms with Crippen molar-refractivity contribution in [1.29, 1.82) is 0 Å². The number of aromatic nitrogens is 4. The van der Waals surface area contributed by atoms with Gasteiger partial charge in [-0.15, -0.1) is 0 Å². The fourth-order valence-corrected chi connectivity index (χ4v) is 5.03. The Morgan fingerprint density at radius 3 is 2.91 bits per heavy atom. The molecule has 3 aromatic rings. The Hall–Kier alpha value is -1.93. The molecule has 1 atom stereocenters. The van der Waals surface area contributed by atoms with Gasteiger partial charge in [-0.25, -0.2) is 23.5 Å². The maximum absolute atomic E-state index is 11.7. The molecule has 1 aliphatic rings. The van der Waals surface area contributed by atoms with Crippen molar-refractivity contribution < 1.29 is 8.42 Å². The minimum atomic E-state index is -3.48. The van der Waals surface area contributed by atoms with E-state index in [4.69, 9.17) is 5.14 Å². The molecule has 0 amide bonds. The predicted molar refractivity (Wildman–Crippen MR) is 88.3 cm³/mol. The lowest BCUT2D eigenvalue weighted by Gasteiger charge is -2.40. The van der Waals surface area contributed by atoms with Crippen LogP contribution in [0.2, 0.25) is 0 Å². The predicted octanol–water partition coefficient (Wildman–Crippen LogP) is 1.93. The number of nitrogens with zero attached hydrogens (tertiary/aromatic N) is 3. The van der Waals surface area contributed by atoms with Crippen molar-refractivity contribution in [1.82, 2.24) is 19.5 Å². The van der Waals surface area contributed by atoms with E-state index in [-0.39, 0.29) is 12.0 Å². The van der Waals surface area contributed by atoms with E-state index < -0.39 is 15.3 Å². The van der Waals surface area contributed by atoms with E-state index in [0.717, 1.165) is 34.9 Å². The zero-order valence-corrected chi connectivity index (χ0v) is 13.6. The van der Waals surface area contributed by atoms with Gasteiger partial charge in [0.1, 0.15) is 11.2 Å². The fraction of sp³-hybridized carbons (Fsp3) is 0.467. The van der Waals surface area contributed by atoms with Crippen molar-refractivity contribution in [3.63, 3.8) is 0 Å². The molecule has 3 N–H and O–H groups in total. The number of nitrogens with one attached hydrogen (secondary N) is 1. The van der Waals surface area contributed by atoms with Crippen LogP contribution >= 0.6 is 0 Å². The highest BCUT2D eigenvalue weighted by atomic mass is 32.2. The molecule has 1 unspecified atom stereocenters. The summed E-state index contributed by atoms with van der Waals surface area (Å²) < 4.78 is 25.5. The number of pyridine rings is 1. The highest BCUT2D eigenvalue weighted by Gasteiger charge is 2.40. The van der Waals surface area contributed by atoms with Crippen LogP contribution in [0.15, 0.2) is 24.8 Å². The van der Waals surface area contributed by atoms with Crippen LogP contribution in [0.25, 0.3) is 22.1 Å². The summed E-state index contributed by atoms with van der Waals surface area (Å²) in [7, 11) is -3.48. The Morgan fingerprint density at radius 2 is 2.22 bits per heavy atom. The molecule has 0 saturated heterocycles. The fourth-order valence-electron chi connectivity index (χ4n) is 3.80. The normalized spacial score (nSPS) is 23.2. The van der Waals surface area contributed by atoms with Gasteiger partial charge in [-0.1, -0.05) is 6.92 Å². The molecule has 3 aromatic heterocycles. The van der Waals surface area contributed by atoms with Gasteiger partial charge < -0.3 is 9.55 Å². The van der Waals surface area contributed by atoms with Gasteiger partial charge >= 0.3 is 0 Å². The topological polar surface area (TPSA) is 107 Å². The number of H-pyrrole nitrogens is 1. The Bertz CT molecular complexity index is 968. The number of imidazole rings is 1. The number of hydrogen-bond acceptors (Lipinski definition) is 4. The van der Waals surface area contributed by atoms with E-state index in [0.29, 0.717) is 6.42 Å². The van der Waals surface area contributed by atoms with Crippen molar-refractivity contribution in [2.24, 2.45) is 11.1 Å². The lowest BCUT2D eigenvalue weighted by atomic mass is 9.77. The highest BCUT2D eigenvalue weighted by molar-refractivity contribution is 7.89. The smallest absolute Gasteiger partial charge is 0.212 e. The van der Waals surface area contributed by atoms with Crippen LogP contribution < -0.4 is 5.14 Å². The van der Waals surface area contributed by atoms with Crippen LogP contribution in [0, 0.1) is 5.92 Å². The third-order valence-corrected chi connectivity index (χ3v) is 6.57. The first kappa shape index (κ1) is 14.6. The Labute approximate surface area is 134 Å². The maximum atomic E-state index is 11.7. The molecule has 0 radical (unpaired) electrons. The van der Waals surface area contributed by atoms with E-state index in [1.165, 1.54) is 0 Å². The van der Waals surface area contributed by atoms with Gasteiger partial charge in [-0.3, -0.25) is 0 Å². The van der Waals surface area contributed by atoms with Gasteiger partial charge in [-0.2, -0.15) is 0 Å². The number of nitrogens with two attached hydrogens (primary N) is 1. The molecule has 3 heterocycles. The summed E-state index contributed by atoms with van der Waals surface area (Å²) in [6.07, 6.45) is 7.65. The highest BCUT2D eigenvalue weighted by Crippen LogP contribution is 2.44. The SMILES string of the molecule is CCC([C@H]1C[C@@H](n2cnc3cnc4[nH]ccc4c32)C1)S(N)(=O)=O. The van der Waals surface area contributed by atoms with Crippen molar-refractivity contribution >= 4 is 32.1 Å². The number of hydrogen-bond donors (Lipinski definition) is 2. The quantitative estimate of drug-likeness (QED) is 0.760. The number of rotatable bonds is 4. The maximum Gasteiger partial charge on any atom is 0.212 e. The third-order valence-electron chi connectivity index (χ3n) is 5.01. The van der Waals surface area contributed by atoms with Gasteiger partial charge in [0.2, 0.25) is 10.0 Å². The van der Waals surface area contributed by atoms with Gasteiger partial charge in [0.15, 0.2) is 0 Å². The summed E-state index contributed by atoms with van der Waals surface area (Å²) in [6.45, 7) is 1.88. The summed E-state index contributed by atoms with van der Waals surface area (Å²) in [5.74, 6) is 0.126. The average molecular weight is 333 g/mol. The largest absolute Gasteiger partial charge is 0.346 e. The van der Waals surface area contributed by atoms with Crippen LogP contribution in [0.3, 0.4) is 0 Å². The molecular formula is C15H19N5O2S.